The van der Waals surface area contributed by atoms with E-state index in [2.05, 4.69) is 9.97 Å². The number of halogens is 2. The summed E-state index contributed by atoms with van der Waals surface area (Å²) < 4.78 is 12.1. The first-order valence-electron chi connectivity index (χ1n) is 5.17. The SMILES string of the molecule is Cc1ccc([S@](=O)Cc2ncc(Cl)cc2Cl)nc1. The van der Waals surface area contributed by atoms with Crippen LogP contribution >= 0.6 is 23.2 Å². The minimum atomic E-state index is -1.26. The second-order valence-electron chi connectivity index (χ2n) is 3.75. The van der Waals surface area contributed by atoms with E-state index in [0.717, 1.165) is 5.56 Å². The first kappa shape index (κ1) is 13.5. The number of nitrogens with zero attached hydrogens (tertiary/aromatic N) is 2. The van der Waals surface area contributed by atoms with Crippen LogP contribution in [0.3, 0.4) is 0 Å². The third kappa shape index (κ3) is 3.28. The summed E-state index contributed by atoms with van der Waals surface area (Å²) in [5.41, 5.74) is 1.58. The zero-order valence-corrected chi connectivity index (χ0v) is 11.9. The highest BCUT2D eigenvalue weighted by molar-refractivity contribution is 7.84. The molecule has 0 N–H and O–H groups in total. The molecule has 0 aromatic carbocycles. The summed E-state index contributed by atoms with van der Waals surface area (Å²) in [5.74, 6) is 0.228. The molecule has 0 aliphatic rings. The Bertz CT molecular complexity index is 587. The minimum absolute atomic E-state index is 0.228. The van der Waals surface area contributed by atoms with Gasteiger partial charge in [0.25, 0.3) is 0 Å². The summed E-state index contributed by atoms with van der Waals surface area (Å²) in [5, 5.41) is 1.40. The Morgan fingerprint density at radius 3 is 2.61 bits per heavy atom. The van der Waals surface area contributed by atoms with Crippen LogP contribution in [0.2, 0.25) is 10.0 Å². The van der Waals surface area contributed by atoms with Gasteiger partial charge in [0.2, 0.25) is 0 Å². The van der Waals surface area contributed by atoms with Crippen LogP contribution in [0.1, 0.15) is 11.3 Å². The Balaban J connectivity index is 2.18. The fraction of sp³-hybridized carbons (Fsp3) is 0.167. The smallest absolute Gasteiger partial charge is 0.127 e. The van der Waals surface area contributed by atoms with Gasteiger partial charge in [-0.1, -0.05) is 29.3 Å². The summed E-state index contributed by atoms with van der Waals surface area (Å²) in [4.78, 5) is 8.20. The van der Waals surface area contributed by atoms with Crippen LogP contribution in [0, 0.1) is 6.92 Å². The average Bonchev–Trinajstić information content (AvgIpc) is 2.33. The van der Waals surface area contributed by atoms with Crippen LogP contribution in [0.25, 0.3) is 0 Å². The molecule has 2 heterocycles. The van der Waals surface area contributed by atoms with E-state index in [1.165, 1.54) is 6.20 Å². The molecule has 18 heavy (non-hydrogen) atoms. The molecule has 0 aliphatic carbocycles. The van der Waals surface area contributed by atoms with Crippen molar-refractivity contribution in [2.24, 2.45) is 0 Å². The van der Waals surface area contributed by atoms with Crippen LogP contribution in [0.4, 0.5) is 0 Å². The number of aryl methyl sites for hydroxylation is 1. The molecule has 0 unspecified atom stereocenters. The van der Waals surface area contributed by atoms with E-state index in [-0.39, 0.29) is 5.75 Å². The van der Waals surface area contributed by atoms with Gasteiger partial charge in [-0.25, -0.2) is 4.98 Å². The van der Waals surface area contributed by atoms with Gasteiger partial charge in [-0.2, -0.15) is 0 Å². The van der Waals surface area contributed by atoms with Crippen molar-refractivity contribution >= 4 is 34.0 Å². The largest absolute Gasteiger partial charge is 0.257 e. The van der Waals surface area contributed by atoms with Crippen molar-refractivity contribution < 1.29 is 4.21 Å². The van der Waals surface area contributed by atoms with E-state index < -0.39 is 10.8 Å². The van der Waals surface area contributed by atoms with Gasteiger partial charge in [-0.15, -0.1) is 0 Å². The highest BCUT2D eigenvalue weighted by Gasteiger charge is 2.10. The zero-order chi connectivity index (χ0) is 13.1. The molecule has 6 heteroatoms. The van der Waals surface area contributed by atoms with E-state index in [4.69, 9.17) is 23.2 Å². The summed E-state index contributed by atoms with van der Waals surface area (Å²) in [6, 6.07) is 5.21. The van der Waals surface area contributed by atoms with Crippen LogP contribution in [-0.4, -0.2) is 14.2 Å². The van der Waals surface area contributed by atoms with Gasteiger partial charge in [0, 0.05) is 12.4 Å². The Kier molecular flexibility index (Phi) is 4.32. The van der Waals surface area contributed by atoms with E-state index in [9.17, 15) is 4.21 Å². The second kappa shape index (κ2) is 5.78. The number of aromatic nitrogens is 2. The maximum atomic E-state index is 12.1. The molecule has 0 saturated carbocycles. The first-order chi connectivity index (χ1) is 8.56. The molecule has 0 saturated heterocycles. The van der Waals surface area contributed by atoms with Gasteiger partial charge in [-0.3, -0.25) is 9.19 Å². The molecule has 2 aromatic heterocycles. The Morgan fingerprint density at radius 2 is 2.00 bits per heavy atom. The van der Waals surface area contributed by atoms with Crippen LogP contribution in [0.5, 0.6) is 0 Å². The van der Waals surface area contributed by atoms with Crippen LogP contribution in [0.15, 0.2) is 35.6 Å². The topological polar surface area (TPSA) is 42.9 Å². The predicted octanol–water partition coefficient (Wildman–Crippen LogP) is 3.40. The van der Waals surface area contributed by atoms with Gasteiger partial charge in [0.15, 0.2) is 0 Å². The molecule has 0 bridgehead atoms. The molecule has 2 rings (SSSR count). The molecule has 2 aromatic rings. The molecule has 1 atom stereocenters. The Hall–Kier alpha value is -0.970. The maximum Gasteiger partial charge on any atom is 0.127 e. The van der Waals surface area contributed by atoms with E-state index >= 15 is 0 Å². The average molecular weight is 301 g/mol. The van der Waals surface area contributed by atoms with Crippen molar-refractivity contribution in [3.05, 3.63) is 51.9 Å². The lowest BCUT2D eigenvalue weighted by atomic mass is 10.3. The van der Waals surface area contributed by atoms with Crippen molar-refractivity contribution in [1.82, 2.24) is 9.97 Å². The zero-order valence-electron chi connectivity index (χ0n) is 9.56. The monoisotopic (exact) mass is 300 g/mol. The number of rotatable bonds is 3. The number of hydrogen-bond donors (Lipinski definition) is 0. The number of pyridine rings is 2. The predicted molar refractivity (Wildman–Crippen MR) is 73.3 cm³/mol. The Morgan fingerprint density at radius 1 is 1.22 bits per heavy atom. The standard InChI is InChI=1S/C12H10Cl2N2OS/c1-8-2-3-12(16-5-8)18(17)7-11-10(14)4-9(13)6-15-11/h2-6H,7H2,1H3/t18-/m1/s1. The third-order valence-electron chi connectivity index (χ3n) is 2.27. The lowest BCUT2D eigenvalue weighted by molar-refractivity contribution is 0.679. The van der Waals surface area contributed by atoms with Crippen molar-refractivity contribution in [3.63, 3.8) is 0 Å². The molecule has 94 valence electrons. The van der Waals surface area contributed by atoms with Crippen LogP contribution in [-0.2, 0) is 16.6 Å². The molecule has 0 amide bonds. The molecular weight excluding hydrogens is 291 g/mol. The van der Waals surface area contributed by atoms with Crippen molar-refractivity contribution in [2.75, 3.05) is 0 Å². The van der Waals surface area contributed by atoms with E-state index in [0.29, 0.717) is 20.8 Å². The van der Waals surface area contributed by atoms with Gasteiger partial charge < -0.3 is 0 Å². The van der Waals surface area contributed by atoms with Gasteiger partial charge in [0.1, 0.15) is 5.03 Å². The molecule has 0 fully saturated rings. The van der Waals surface area contributed by atoms with Crippen molar-refractivity contribution in [1.29, 1.82) is 0 Å². The third-order valence-corrected chi connectivity index (χ3v) is 4.05. The second-order valence-corrected chi connectivity index (χ2v) is 5.99. The highest BCUT2D eigenvalue weighted by atomic mass is 35.5. The first-order valence-corrected chi connectivity index (χ1v) is 7.24. The summed E-state index contributed by atoms with van der Waals surface area (Å²) in [6.45, 7) is 1.93. The lowest BCUT2D eigenvalue weighted by Crippen LogP contribution is -2.01. The normalized spacial score (nSPS) is 12.4. The summed E-state index contributed by atoms with van der Waals surface area (Å²) in [6.07, 6.45) is 3.17. The molecule has 0 radical (unpaired) electrons. The van der Waals surface area contributed by atoms with E-state index in [1.54, 1.807) is 18.3 Å². The quantitative estimate of drug-likeness (QED) is 0.872. The van der Waals surface area contributed by atoms with Crippen molar-refractivity contribution in [3.8, 4) is 0 Å². The van der Waals surface area contributed by atoms with Gasteiger partial charge in [0.05, 0.1) is 32.3 Å². The maximum absolute atomic E-state index is 12.1. The molecule has 0 aliphatic heterocycles. The van der Waals surface area contributed by atoms with Crippen molar-refractivity contribution in [2.45, 2.75) is 17.7 Å². The molecule has 0 spiro atoms. The summed E-state index contributed by atoms with van der Waals surface area (Å²) in [7, 11) is -1.26. The Labute approximate surface area is 118 Å². The minimum Gasteiger partial charge on any atom is -0.257 e. The van der Waals surface area contributed by atoms with Gasteiger partial charge >= 0.3 is 0 Å². The number of hydrogen-bond acceptors (Lipinski definition) is 3. The van der Waals surface area contributed by atoms with Gasteiger partial charge in [-0.05, 0) is 24.6 Å². The fourth-order valence-electron chi connectivity index (χ4n) is 1.34. The van der Waals surface area contributed by atoms with Crippen LogP contribution < -0.4 is 0 Å². The molecule has 3 nitrogen and oxygen atoms in total. The molecular formula is C12H10Cl2N2OS. The summed E-state index contributed by atoms with van der Waals surface area (Å²) >= 11 is 11.7. The highest BCUT2D eigenvalue weighted by Crippen LogP contribution is 2.20. The lowest BCUT2D eigenvalue weighted by Gasteiger charge is -2.04. The van der Waals surface area contributed by atoms with E-state index in [1.807, 2.05) is 13.0 Å². The fourth-order valence-corrected chi connectivity index (χ4v) is 2.88.